The summed E-state index contributed by atoms with van der Waals surface area (Å²) in [4.78, 5) is 0. The van der Waals surface area contributed by atoms with E-state index in [9.17, 15) is 0 Å². The van der Waals surface area contributed by atoms with Gasteiger partial charge in [-0.25, -0.2) is 0 Å². The van der Waals surface area contributed by atoms with Gasteiger partial charge >= 0.3 is 0 Å². The molecule has 0 aromatic heterocycles. The van der Waals surface area contributed by atoms with Gasteiger partial charge in [0.05, 0.1) is 20.3 Å². The normalized spacial score (nSPS) is 15.8. The van der Waals surface area contributed by atoms with Gasteiger partial charge in [-0.05, 0) is 43.0 Å². The summed E-state index contributed by atoms with van der Waals surface area (Å²) in [6.07, 6.45) is 5.64. The Balaban J connectivity index is 1.51. The molecular weight excluding hydrogens is 238 g/mol. The molecule has 1 aliphatic carbocycles. The first-order chi connectivity index (χ1) is 9.38. The minimum atomic E-state index is 0.676. The summed E-state index contributed by atoms with van der Waals surface area (Å²) in [5, 5.41) is 3.49. The maximum atomic E-state index is 5.65. The topological polar surface area (TPSA) is 30.5 Å². The van der Waals surface area contributed by atoms with Gasteiger partial charge in [0.2, 0.25) is 0 Å². The first kappa shape index (κ1) is 14.4. The summed E-state index contributed by atoms with van der Waals surface area (Å²) in [6, 6.07) is 8.03. The number of hydrogen-bond donors (Lipinski definition) is 1. The smallest absolute Gasteiger partial charge is 0.118 e. The predicted octanol–water partition coefficient (Wildman–Crippen LogP) is 2.99. The third-order valence-electron chi connectivity index (χ3n) is 3.76. The number of methoxy groups -OCH3 is 1. The number of hydrogen-bond acceptors (Lipinski definition) is 3. The molecule has 0 saturated heterocycles. The average Bonchev–Trinajstić information content (AvgIpc) is 2.96. The molecule has 106 valence electrons. The van der Waals surface area contributed by atoms with Crippen LogP contribution in [0.1, 0.15) is 31.2 Å². The Morgan fingerprint density at radius 2 is 1.89 bits per heavy atom. The van der Waals surface area contributed by atoms with Crippen LogP contribution in [0.25, 0.3) is 0 Å². The van der Waals surface area contributed by atoms with Crippen LogP contribution in [-0.4, -0.2) is 26.8 Å². The molecule has 0 heterocycles. The van der Waals surface area contributed by atoms with Crippen molar-refractivity contribution in [3.63, 3.8) is 0 Å². The van der Waals surface area contributed by atoms with Crippen LogP contribution in [0.5, 0.6) is 5.75 Å². The lowest BCUT2D eigenvalue weighted by molar-refractivity contribution is 0.122. The lowest BCUT2D eigenvalue weighted by Gasteiger charge is -2.10. The van der Waals surface area contributed by atoms with Gasteiger partial charge in [-0.2, -0.15) is 0 Å². The molecule has 0 aliphatic heterocycles. The molecule has 1 fully saturated rings. The second-order valence-corrected chi connectivity index (χ2v) is 5.26. The van der Waals surface area contributed by atoms with Crippen molar-refractivity contribution in [3.8, 4) is 5.75 Å². The Morgan fingerprint density at radius 1 is 1.16 bits per heavy atom. The van der Waals surface area contributed by atoms with Gasteiger partial charge in [-0.15, -0.1) is 0 Å². The quantitative estimate of drug-likeness (QED) is 0.731. The SMILES string of the molecule is COc1ccc(COCCNCC2CCCC2)cc1. The van der Waals surface area contributed by atoms with Crippen LogP contribution in [0.3, 0.4) is 0 Å². The van der Waals surface area contributed by atoms with Gasteiger partial charge in [0.15, 0.2) is 0 Å². The third kappa shape index (κ3) is 5.21. The van der Waals surface area contributed by atoms with Gasteiger partial charge in [0.25, 0.3) is 0 Å². The Bertz CT molecular complexity index is 344. The molecule has 0 atom stereocenters. The van der Waals surface area contributed by atoms with Gasteiger partial charge in [0, 0.05) is 6.54 Å². The molecule has 0 amide bonds. The van der Waals surface area contributed by atoms with E-state index in [4.69, 9.17) is 9.47 Å². The fourth-order valence-corrected chi connectivity index (χ4v) is 2.58. The van der Waals surface area contributed by atoms with Gasteiger partial charge in [0.1, 0.15) is 5.75 Å². The number of benzene rings is 1. The second kappa shape index (κ2) is 8.18. The molecule has 1 N–H and O–H groups in total. The minimum absolute atomic E-state index is 0.676. The van der Waals surface area contributed by atoms with Crippen molar-refractivity contribution in [2.24, 2.45) is 5.92 Å². The highest BCUT2D eigenvalue weighted by atomic mass is 16.5. The molecule has 0 bridgehead atoms. The summed E-state index contributed by atoms with van der Waals surface area (Å²) >= 11 is 0. The van der Waals surface area contributed by atoms with Crippen molar-refractivity contribution < 1.29 is 9.47 Å². The third-order valence-corrected chi connectivity index (χ3v) is 3.76. The number of rotatable bonds is 8. The number of ether oxygens (including phenoxy) is 2. The molecule has 1 aliphatic rings. The first-order valence-electron chi connectivity index (χ1n) is 7.30. The summed E-state index contributed by atoms with van der Waals surface area (Å²) in [6.45, 7) is 3.56. The highest BCUT2D eigenvalue weighted by Crippen LogP contribution is 2.23. The maximum absolute atomic E-state index is 5.65. The van der Waals surface area contributed by atoms with Crippen molar-refractivity contribution in [2.75, 3.05) is 26.8 Å². The lowest BCUT2D eigenvalue weighted by Crippen LogP contribution is -2.25. The lowest BCUT2D eigenvalue weighted by atomic mass is 10.1. The Labute approximate surface area is 116 Å². The van der Waals surface area contributed by atoms with Crippen LogP contribution in [0.4, 0.5) is 0 Å². The summed E-state index contributed by atoms with van der Waals surface area (Å²) in [5.41, 5.74) is 1.19. The Kier molecular flexibility index (Phi) is 6.18. The average molecular weight is 263 g/mol. The largest absolute Gasteiger partial charge is 0.497 e. The van der Waals surface area contributed by atoms with E-state index in [1.165, 1.54) is 31.2 Å². The van der Waals surface area contributed by atoms with Crippen LogP contribution in [0, 0.1) is 5.92 Å². The van der Waals surface area contributed by atoms with Crippen LogP contribution in [-0.2, 0) is 11.3 Å². The van der Waals surface area contributed by atoms with E-state index in [1.54, 1.807) is 7.11 Å². The van der Waals surface area contributed by atoms with E-state index in [0.717, 1.165) is 31.4 Å². The van der Waals surface area contributed by atoms with E-state index >= 15 is 0 Å². The fourth-order valence-electron chi connectivity index (χ4n) is 2.58. The molecular formula is C16H25NO2. The van der Waals surface area contributed by atoms with Crippen molar-refractivity contribution in [2.45, 2.75) is 32.3 Å². The van der Waals surface area contributed by atoms with E-state index in [0.29, 0.717) is 6.61 Å². The monoisotopic (exact) mass is 263 g/mol. The molecule has 1 aromatic carbocycles. The standard InChI is InChI=1S/C16H25NO2/c1-18-16-8-6-15(7-9-16)13-19-11-10-17-12-14-4-2-3-5-14/h6-9,14,17H,2-5,10-13H2,1H3. The van der Waals surface area contributed by atoms with Crippen LogP contribution in [0.2, 0.25) is 0 Å². The predicted molar refractivity (Wildman–Crippen MR) is 77.5 cm³/mol. The van der Waals surface area contributed by atoms with Crippen molar-refractivity contribution >= 4 is 0 Å². The van der Waals surface area contributed by atoms with Crippen LogP contribution >= 0.6 is 0 Å². The zero-order valence-corrected chi connectivity index (χ0v) is 11.9. The van der Waals surface area contributed by atoms with E-state index in [-0.39, 0.29) is 0 Å². The molecule has 3 nitrogen and oxygen atoms in total. The first-order valence-corrected chi connectivity index (χ1v) is 7.30. The summed E-state index contributed by atoms with van der Waals surface area (Å²) in [5.74, 6) is 1.79. The highest BCUT2D eigenvalue weighted by molar-refractivity contribution is 5.26. The van der Waals surface area contributed by atoms with Crippen LogP contribution < -0.4 is 10.1 Å². The molecule has 0 unspecified atom stereocenters. The fraction of sp³-hybridized carbons (Fsp3) is 0.625. The van der Waals surface area contributed by atoms with Crippen LogP contribution in [0.15, 0.2) is 24.3 Å². The van der Waals surface area contributed by atoms with Crippen molar-refractivity contribution in [3.05, 3.63) is 29.8 Å². The van der Waals surface area contributed by atoms with E-state index < -0.39 is 0 Å². The zero-order valence-electron chi connectivity index (χ0n) is 11.9. The molecule has 2 rings (SSSR count). The molecule has 0 radical (unpaired) electrons. The molecule has 1 saturated carbocycles. The Morgan fingerprint density at radius 3 is 2.58 bits per heavy atom. The Hall–Kier alpha value is -1.06. The van der Waals surface area contributed by atoms with Crippen molar-refractivity contribution in [1.29, 1.82) is 0 Å². The molecule has 0 spiro atoms. The molecule has 1 aromatic rings. The number of nitrogens with one attached hydrogen (secondary N) is 1. The van der Waals surface area contributed by atoms with Gasteiger partial charge in [-0.1, -0.05) is 25.0 Å². The highest BCUT2D eigenvalue weighted by Gasteiger charge is 2.13. The second-order valence-electron chi connectivity index (χ2n) is 5.26. The molecule has 19 heavy (non-hydrogen) atoms. The van der Waals surface area contributed by atoms with E-state index in [1.807, 2.05) is 24.3 Å². The van der Waals surface area contributed by atoms with Gasteiger partial charge in [-0.3, -0.25) is 0 Å². The summed E-state index contributed by atoms with van der Waals surface area (Å²) in [7, 11) is 1.68. The summed E-state index contributed by atoms with van der Waals surface area (Å²) < 4.78 is 10.8. The molecule has 3 heteroatoms. The van der Waals surface area contributed by atoms with E-state index in [2.05, 4.69) is 5.32 Å². The maximum Gasteiger partial charge on any atom is 0.118 e. The van der Waals surface area contributed by atoms with Crippen molar-refractivity contribution in [1.82, 2.24) is 5.32 Å². The zero-order chi connectivity index (χ0) is 13.3. The van der Waals surface area contributed by atoms with Gasteiger partial charge < -0.3 is 14.8 Å². The minimum Gasteiger partial charge on any atom is -0.497 e.